The van der Waals surface area contributed by atoms with E-state index in [9.17, 15) is 9.59 Å². The van der Waals surface area contributed by atoms with Crippen LogP contribution in [0.5, 0.6) is 0 Å². The molecule has 0 rings (SSSR count). The SMILES string of the molecule is CC(=O)O[SiH3].CCN(CC)OC(C)=O. The smallest absolute Gasteiger partial charge is 0.322 e. The van der Waals surface area contributed by atoms with Gasteiger partial charge in [-0.15, -0.1) is 5.06 Å². The van der Waals surface area contributed by atoms with E-state index in [1.165, 1.54) is 13.8 Å². The Morgan fingerprint density at radius 2 is 1.50 bits per heavy atom. The highest BCUT2D eigenvalue weighted by atomic mass is 28.2. The van der Waals surface area contributed by atoms with Crippen molar-refractivity contribution in [1.29, 1.82) is 0 Å². The van der Waals surface area contributed by atoms with Gasteiger partial charge in [-0.3, -0.25) is 9.59 Å². The molecule has 0 radical (unpaired) electrons. The van der Waals surface area contributed by atoms with Gasteiger partial charge in [-0.2, -0.15) is 0 Å². The standard InChI is InChI=1S/C6H13NO2.C2H6O2Si/c1-4-7(5-2)9-6(3)8;1-2(3)4-5/h4-5H2,1-3H3;1,5H3. The summed E-state index contributed by atoms with van der Waals surface area (Å²) in [5.41, 5.74) is 0. The molecule has 0 aliphatic carbocycles. The average Bonchev–Trinajstić information content (AvgIpc) is 2.14. The van der Waals surface area contributed by atoms with Crippen molar-refractivity contribution < 1.29 is 18.9 Å². The molecule has 0 aliphatic rings. The van der Waals surface area contributed by atoms with E-state index in [-0.39, 0.29) is 11.9 Å². The van der Waals surface area contributed by atoms with E-state index in [1.54, 1.807) is 5.06 Å². The summed E-state index contributed by atoms with van der Waals surface area (Å²) in [7, 11) is 0.524. The molecule has 0 bridgehead atoms. The van der Waals surface area contributed by atoms with Crippen molar-refractivity contribution >= 4 is 22.4 Å². The van der Waals surface area contributed by atoms with Crippen LogP contribution in [-0.4, -0.2) is 40.6 Å². The van der Waals surface area contributed by atoms with E-state index >= 15 is 0 Å². The van der Waals surface area contributed by atoms with Gasteiger partial charge in [0.05, 0.1) is 0 Å². The number of hydroxylamine groups is 2. The van der Waals surface area contributed by atoms with Crippen molar-refractivity contribution in [2.75, 3.05) is 13.1 Å². The lowest BCUT2D eigenvalue weighted by molar-refractivity contribution is -0.185. The Labute approximate surface area is 87.9 Å². The summed E-state index contributed by atoms with van der Waals surface area (Å²) in [6, 6.07) is 0. The molecular formula is C8H19NO4Si. The third kappa shape index (κ3) is 13.7. The fourth-order valence-electron chi connectivity index (χ4n) is 0.535. The topological polar surface area (TPSA) is 55.8 Å². The largest absolute Gasteiger partial charge is 0.529 e. The molecule has 0 aromatic rings. The van der Waals surface area contributed by atoms with Crippen molar-refractivity contribution in [1.82, 2.24) is 5.06 Å². The number of carbonyl (C=O) groups excluding carboxylic acids is 2. The van der Waals surface area contributed by atoms with Crippen LogP contribution in [0.3, 0.4) is 0 Å². The second-order valence-electron chi connectivity index (χ2n) is 2.39. The fourth-order valence-corrected chi connectivity index (χ4v) is 0.535. The second-order valence-corrected chi connectivity index (χ2v) is 2.80. The Bertz CT molecular complexity index is 171. The highest BCUT2D eigenvalue weighted by Crippen LogP contribution is 1.87. The maximum atomic E-state index is 10.3. The molecule has 6 heteroatoms. The molecule has 0 aromatic heterocycles. The van der Waals surface area contributed by atoms with Crippen molar-refractivity contribution in [3.63, 3.8) is 0 Å². The van der Waals surface area contributed by atoms with Gasteiger partial charge in [0.25, 0.3) is 5.97 Å². The Morgan fingerprint density at radius 1 is 1.14 bits per heavy atom. The highest BCUT2D eigenvalue weighted by molar-refractivity contribution is 6.04. The van der Waals surface area contributed by atoms with Gasteiger partial charge in [-0.1, -0.05) is 0 Å². The van der Waals surface area contributed by atoms with Crippen LogP contribution in [0.25, 0.3) is 0 Å². The number of hydrogen-bond donors (Lipinski definition) is 0. The molecule has 14 heavy (non-hydrogen) atoms. The first-order valence-corrected chi connectivity index (χ1v) is 5.27. The number of rotatable bonds is 3. The van der Waals surface area contributed by atoms with Crippen LogP contribution in [0.1, 0.15) is 27.7 Å². The molecule has 0 saturated heterocycles. The van der Waals surface area contributed by atoms with Crippen molar-refractivity contribution in [3.8, 4) is 0 Å². The zero-order valence-corrected chi connectivity index (χ0v) is 11.5. The Balaban J connectivity index is 0. The van der Waals surface area contributed by atoms with Crippen molar-refractivity contribution in [2.24, 2.45) is 0 Å². The highest BCUT2D eigenvalue weighted by Gasteiger charge is 2.00. The van der Waals surface area contributed by atoms with E-state index in [1.807, 2.05) is 13.8 Å². The van der Waals surface area contributed by atoms with E-state index in [2.05, 4.69) is 4.43 Å². The molecule has 0 spiro atoms. The molecule has 0 fully saturated rings. The summed E-state index contributed by atoms with van der Waals surface area (Å²) >= 11 is 0. The normalized spacial score (nSPS) is 8.93. The van der Waals surface area contributed by atoms with Gasteiger partial charge < -0.3 is 9.26 Å². The summed E-state index contributed by atoms with van der Waals surface area (Å²) in [6.07, 6.45) is 0. The fraction of sp³-hybridized carbons (Fsp3) is 0.750. The molecule has 0 heterocycles. The minimum Gasteiger partial charge on any atom is -0.529 e. The summed E-state index contributed by atoms with van der Waals surface area (Å²) < 4.78 is 4.25. The molecular weight excluding hydrogens is 202 g/mol. The van der Waals surface area contributed by atoms with Gasteiger partial charge in [0.1, 0.15) is 0 Å². The van der Waals surface area contributed by atoms with E-state index in [0.29, 0.717) is 10.5 Å². The first-order valence-electron chi connectivity index (χ1n) is 4.45. The van der Waals surface area contributed by atoms with E-state index in [0.717, 1.165) is 13.1 Å². The Morgan fingerprint density at radius 3 is 1.57 bits per heavy atom. The Hall–Kier alpha value is -0.883. The van der Waals surface area contributed by atoms with Gasteiger partial charge in [0.15, 0.2) is 0 Å². The molecule has 84 valence electrons. The molecule has 5 nitrogen and oxygen atoms in total. The Kier molecular flexibility index (Phi) is 11.4. The summed E-state index contributed by atoms with van der Waals surface area (Å²) in [5.74, 6) is -0.435. The number of carbonyl (C=O) groups is 2. The van der Waals surface area contributed by atoms with Crippen LogP contribution >= 0.6 is 0 Å². The summed E-state index contributed by atoms with van der Waals surface area (Å²) in [5, 5.41) is 1.60. The first-order chi connectivity index (χ1) is 6.47. The maximum Gasteiger partial charge on any atom is 0.322 e. The predicted octanol–water partition coefficient (Wildman–Crippen LogP) is -0.364. The van der Waals surface area contributed by atoms with Crippen molar-refractivity contribution in [2.45, 2.75) is 27.7 Å². The van der Waals surface area contributed by atoms with Gasteiger partial charge >= 0.3 is 5.97 Å². The third-order valence-electron chi connectivity index (χ3n) is 1.25. The van der Waals surface area contributed by atoms with Crippen LogP contribution in [0.4, 0.5) is 0 Å². The minimum absolute atomic E-state index is 0.184. The summed E-state index contributed by atoms with van der Waals surface area (Å²) in [4.78, 5) is 24.7. The second kappa shape index (κ2) is 10.2. The van der Waals surface area contributed by atoms with Gasteiger partial charge in [-0.05, 0) is 13.8 Å². The zero-order chi connectivity index (χ0) is 11.6. The molecule has 0 N–H and O–H groups in total. The zero-order valence-electron chi connectivity index (χ0n) is 9.49. The molecule has 0 aliphatic heterocycles. The van der Waals surface area contributed by atoms with E-state index < -0.39 is 0 Å². The molecule has 0 amide bonds. The lowest BCUT2D eigenvalue weighted by Gasteiger charge is -2.15. The predicted molar refractivity (Wildman–Crippen MR) is 56.4 cm³/mol. The van der Waals surface area contributed by atoms with Crippen LogP contribution in [0, 0.1) is 0 Å². The van der Waals surface area contributed by atoms with Crippen LogP contribution in [0.2, 0.25) is 0 Å². The first kappa shape index (κ1) is 15.6. The third-order valence-corrected chi connectivity index (χ3v) is 1.83. The summed E-state index contributed by atoms with van der Waals surface area (Å²) in [6.45, 7) is 8.16. The van der Waals surface area contributed by atoms with E-state index in [4.69, 9.17) is 4.84 Å². The molecule has 0 atom stereocenters. The van der Waals surface area contributed by atoms with Crippen LogP contribution < -0.4 is 0 Å². The van der Waals surface area contributed by atoms with Gasteiger partial charge in [-0.25, -0.2) is 0 Å². The lowest BCUT2D eigenvalue weighted by Crippen LogP contribution is -2.25. The van der Waals surface area contributed by atoms with Crippen LogP contribution in [0.15, 0.2) is 0 Å². The lowest BCUT2D eigenvalue weighted by atomic mass is 10.6. The van der Waals surface area contributed by atoms with Gasteiger partial charge in [0.2, 0.25) is 10.5 Å². The van der Waals surface area contributed by atoms with Gasteiger partial charge in [0, 0.05) is 26.9 Å². The van der Waals surface area contributed by atoms with Crippen molar-refractivity contribution in [3.05, 3.63) is 0 Å². The number of hydrogen-bond acceptors (Lipinski definition) is 5. The quantitative estimate of drug-likeness (QED) is 0.481. The monoisotopic (exact) mass is 221 g/mol. The molecule has 0 unspecified atom stereocenters. The number of nitrogens with zero attached hydrogens (tertiary/aromatic N) is 1. The van der Waals surface area contributed by atoms with Crippen LogP contribution in [-0.2, 0) is 18.9 Å². The average molecular weight is 221 g/mol. The molecule has 0 saturated carbocycles. The maximum absolute atomic E-state index is 10.3. The minimum atomic E-state index is -0.251. The molecule has 0 aromatic carbocycles.